The van der Waals surface area contributed by atoms with Crippen molar-refractivity contribution in [1.29, 1.82) is 0 Å². The second-order valence-electron chi connectivity index (χ2n) is 6.44. The summed E-state index contributed by atoms with van der Waals surface area (Å²) in [5.41, 5.74) is 2.87. The second kappa shape index (κ2) is 8.57. The molecule has 0 radical (unpaired) electrons. The van der Waals surface area contributed by atoms with E-state index in [1.165, 1.54) is 0 Å². The van der Waals surface area contributed by atoms with E-state index in [2.05, 4.69) is 0 Å². The zero-order valence-corrected chi connectivity index (χ0v) is 24.1. The maximum atomic E-state index is 12.6. The van der Waals surface area contributed by atoms with E-state index in [9.17, 15) is 9.90 Å². The van der Waals surface area contributed by atoms with Crippen molar-refractivity contribution in [1.82, 2.24) is 0 Å². The van der Waals surface area contributed by atoms with Gasteiger partial charge in [0, 0.05) is 22.1 Å². The van der Waals surface area contributed by atoms with Crippen molar-refractivity contribution in [2.75, 3.05) is 0 Å². The highest BCUT2D eigenvalue weighted by molar-refractivity contribution is 14.1. The molecule has 0 aromatic heterocycles. The molecular weight excluding hydrogens is 811 g/mol. The minimum absolute atomic E-state index is 0.110. The lowest BCUT2D eigenvalue weighted by Crippen LogP contribution is -2.12. The normalized spacial score (nSPS) is 11.6. The molecule has 1 N–H and O–H groups in total. The van der Waals surface area contributed by atoms with Gasteiger partial charge in [-0.15, -0.1) is 0 Å². The SMILES string of the molecule is Cc1cc2c(-c3cc(Cl)c(Cl)c(Cl)c3Cl)c3cc(I)c(=O)c(I)c-3oc2c(I)c1O. The van der Waals surface area contributed by atoms with Crippen LogP contribution in [0.5, 0.6) is 5.75 Å². The van der Waals surface area contributed by atoms with Gasteiger partial charge in [0.1, 0.15) is 9.32 Å². The highest BCUT2D eigenvalue weighted by Crippen LogP contribution is 2.50. The zero-order valence-electron chi connectivity index (χ0n) is 14.6. The molecule has 2 aromatic carbocycles. The summed E-state index contributed by atoms with van der Waals surface area (Å²) in [6, 6.07) is 5.20. The van der Waals surface area contributed by atoms with Crippen LogP contribution in [-0.4, -0.2) is 5.11 Å². The second-order valence-corrected chi connectivity index (χ2v) is 11.3. The molecule has 0 saturated heterocycles. The summed E-state index contributed by atoms with van der Waals surface area (Å²) in [4.78, 5) is 12.6. The van der Waals surface area contributed by atoms with E-state index >= 15 is 0 Å². The van der Waals surface area contributed by atoms with Gasteiger partial charge < -0.3 is 9.52 Å². The van der Waals surface area contributed by atoms with Gasteiger partial charge in [0.15, 0.2) is 11.3 Å². The standard InChI is InChI=1S/C20H7Cl4I3O3/c1-5-2-7-11(6-3-9(21)13(23)14(24)12(6)22)8-4-10(25)18(29)16(27)20(8)30-19(7)15(26)17(5)28/h2-4,28H,1H3. The van der Waals surface area contributed by atoms with Crippen molar-refractivity contribution in [2.24, 2.45) is 0 Å². The third-order valence-corrected chi connectivity index (χ3v) is 9.17. The summed E-state index contributed by atoms with van der Waals surface area (Å²) < 4.78 is 7.64. The number of benzene rings is 3. The third kappa shape index (κ3) is 3.62. The number of aryl methyl sites for hydroxylation is 1. The predicted octanol–water partition coefficient (Wildman–Crippen LogP) is 9.01. The first kappa shape index (κ1) is 23.4. The minimum atomic E-state index is -0.137. The van der Waals surface area contributed by atoms with Gasteiger partial charge >= 0.3 is 0 Å². The van der Waals surface area contributed by atoms with Crippen LogP contribution in [0.2, 0.25) is 20.1 Å². The summed E-state index contributed by atoms with van der Waals surface area (Å²) in [6.45, 7) is 1.79. The quantitative estimate of drug-likeness (QED) is 0.0904. The molecule has 3 nitrogen and oxygen atoms in total. The van der Waals surface area contributed by atoms with E-state index < -0.39 is 0 Å². The Hall–Kier alpha value is 0.280. The molecule has 1 aliphatic heterocycles. The van der Waals surface area contributed by atoms with Gasteiger partial charge in [-0.05, 0) is 98.5 Å². The Labute approximate surface area is 231 Å². The van der Waals surface area contributed by atoms with Crippen molar-refractivity contribution in [3.63, 3.8) is 0 Å². The summed E-state index contributed by atoms with van der Waals surface area (Å²) in [6.07, 6.45) is 0. The van der Waals surface area contributed by atoms with E-state index in [0.29, 0.717) is 49.7 Å². The summed E-state index contributed by atoms with van der Waals surface area (Å²) >= 11 is 31.4. The fraction of sp³-hybridized carbons (Fsp3) is 0.0500. The third-order valence-electron chi connectivity index (χ3n) is 4.63. The summed E-state index contributed by atoms with van der Waals surface area (Å²) in [5.74, 6) is 0.501. The molecule has 0 bridgehead atoms. The average molecular weight is 818 g/mol. The molecule has 0 amide bonds. The fourth-order valence-electron chi connectivity index (χ4n) is 3.20. The van der Waals surface area contributed by atoms with Crippen LogP contribution >= 0.6 is 114 Å². The first-order chi connectivity index (χ1) is 14.0. The number of rotatable bonds is 1. The monoisotopic (exact) mass is 816 g/mol. The largest absolute Gasteiger partial charge is 0.506 e. The molecule has 0 spiro atoms. The lowest BCUT2D eigenvalue weighted by Gasteiger charge is -2.20. The van der Waals surface area contributed by atoms with Crippen molar-refractivity contribution >= 4 is 125 Å². The number of hydrogen-bond acceptors (Lipinski definition) is 3. The molecule has 0 unspecified atom stereocenters. The van der Waals surface area contributed by atoms with Gasteiger partial charge in [0.2, 0.25) is 5.43 Å². The Kier molecular flexibility index (Phi) is 6.69. The van der Waals surface area contributed by atoms with Crippen molar-refractivity contribution in [3.05, 3.63) is 64.8 Å². The molecule has 0 saturated carbocycles. The Morgan fingerprint density at radius 1 is 0.900 bits per heavy atom. The predicted molar refractivity (Wildman–Crippen MR) is 149 cm³/mol. The van der Waals surface area contributed by atoms with Crippen molar-refractivity contribution < 1.29 is 9.52 Å². The lowest BCUT2D eigenvalue weighted by atomic mass is 9.93. The highest BCUT2D eigenvalue weighted by Gasteiger charge is 2.27. The van der Waals surface area contributed by atoms with Crippen LogP contribution in [0.25, 0.3) is 33.4 Å². The molecule has 1 heterocycles. The maximum Gasteiger partial charge on any atom is 0.209 e. The first-order valence-corrected chi connectivity index (χ1v) is 12.9. The Balaban J connectivity index is 2.35. The molecule has 30 heavy (non-hydrogen) atoms. The van der Waals surface area contributed by atoms with Gasteiger partial charge in [-0.25, -0.2) is 0 Å². The molecule has 2 aromatic rings. The molecule has 2 aliphatic rings. The van der Waals surface area contributed by atoms with Gasteiger partial charge in [0.05, 0.1) is 27.2 Å². The van der Waals surface area contributed by atoms with Gasteiger partial charge in [-0.3, -0.25) is 4.79 Å². The minimum Gasteiger partial charge on any atom is -0.506 e. The van der Waals surface area contributed by atoms with Gasteiger partial charge in [-0.1, -0.05) is 46.4 Å². The Morgan fingerprint density at radius 3 is 2.23 bits per heavy atom. The number of phenols is 1. The Morgan fingerprint density at radius 2 is 1.57 bits per heavy atom. The fourth-order valence-corrected chi connectivity index (χ4v) is 6.71. The molecule has 1 aliphatic carbocycles. The lowest BCUT2D eigenvalue weighted by molar-refractivity contribution is 0.466. The molecule has 0 atom stereocenters. The van der Waals surface area contributed by atoms with Crippen LogP contribution in [0.1, 0.15) is 5.56 Å². The van der Waals surface area contributed by atoms with Gasteiger partial charge in [-0.2, -0.15) is 0 Å². The topological polar surface area (TPSA) is 50.4 Å². The molecule has 10 heteroatoms. The van der Waals surface area contributed by atoms with Crippen molar-refractivity contribution in [2.45, 2.75) is 6.92 Å². The van der Waals surface area contributed by atoms with E-state index in [0.717, 1.165) is 0 Å². The number of halogens is 7. The van der Waals surface area contributed by atoms with E-state index in [4.69, 9.17) is 50.8 Å². The number of hydrogen-bond donors (Lipinski definition) is 1. The number of fused-ring (bicyclic) bond motifs is 2. The molecule has 0 fully saturated rings. The maximum absolute atomic E-state index is 12.6. The molecule has 4 rings (SSSR count). The smallest absolute Gasteiger partial charge is 0.209 e. The Bertz CT molecular complexity index is 1420. The van der Waals surface area contributed by atoms with E-state index in [1.54, 1.807) is 19.1 Å². The molecular formula is C20H7Cl4I3O3. The van der Waals surface area contributed by atoms with Crippen LogP contribution in [0.15, 0.2) is 27.4 Å². The van der Waals surface area contributed by atoms with Crippen LogP contribution in [0.3, 0.4) is 0 Å². The summed E-state index contributed by atoms with van der Waals surface area (Å²) in [5, 5.41) is 11.9. The van der Waals surface area contributed by atoms with E-state index in [-0.39, 0.29) is 31.3 Å². The van der Waals surface area contributed by atoms with E-state index in [1.807, 2.05) is 73.8 Å². The van der Waals surface area contributed by atoms with Crippen LogP contribution in [-0.2, 0) is 0 Å². The number of phenolic OH excluding ortho intramolecular Hbond substituents is 1. The summed E-state index contributed by atoms with van der Waals surface area (Å²) in [7, 11) is 0. The average Bonchev–Trinajstić information content (AvgIpc) is 2.71. The van der Waals surface area contributed by atoms with Crippen LogP contribution in [0.4, 0.5) is 0 Å². The van der Waals surface area contributed by atoms with Gasteiger partial charge in [0.25, 0.3) is 0 Å². The van der Waals surface area contributed by atoms with Crippen LogP contribution < -0.4 is 5.43 Å². The van der Waals surface area contributed by atoms with Crippen molar-refractivity contribution in [3.8, 4) is 28.2 Å². The van der Waals surface area contributed by atoms with Crippen LogP contribution in [0, 0.1) is 17.6 Å². The number of aromatic hydroxyl groups is 1. The zero-order chi connectivity index (χ0) is 22.1. The molecule has 154 valence electrons. The first-order valence-electron chi connectivity index (χ1n) is 8.14. The highest BCUT2D eigenvalue weighted by atomic mass is 127.